The van der Waals surface area contributed by atoms with Crippen molar-refractivity contribution >= 4 is 47.5 Å². The van der Waals surface area contributed by atoms with E-state index in [1.807, 2.05) is 164 Å². The number of unbranched alkanes of at least 4 members (excludes halogenated alkanes) is 1. The number of nitrogens with two attached hydrogens (primary N) is 1. The van der Waals surface area contributed by atoms with E-state index in [-0.39, 0.29) is 43.6 Å². The number of rotatable bonds is 27. The van der Waals surface area contributed by atoms with Gasteiger partial charge >= 0.3 is 12.1 Å². The maximum absolute atomic E-state index is 15.7. The van der Waals surface area contributed by atoms with Crippen molar-refractivity contribution in [1.82, 2.24) is 26.2 Å². The van der Waals surface area contributed by atoms with Gasteiger partial charge in [0.1, 0.15) is 30.8 Å². The molecule has 4 atom stereocenters. The Morgan fingerprint density at radius 3 is 1.58 bits per heavy atom. The number of primary amides is 1. The fraction of sp³-hybridized carbons (Fsp3) is 0.280. The van der Waals surface area contributed by atoms with E-state index < -0.39 is 76.8 Å². The summed E-state index contributed by atoms with van der Waals surface area (Å²) in [4.78, 5) is 86.4. The van der Waals surface area contributed by atoms with Gasteiger partial charge in [0.05, 0.1) is 10.3 Å². The third-order valence-electron chi connectivity index (χ3n) is 17.2. The highest BCUT2D eigenvalue weighted by Gasteiger charge is 2.44. The van der Waals surface area contributed by atoms with Gasteiger partial charge in [0.15, 0.2) is 6.61 Å². The van der Waals surface area contributed by atoms with E-state index in [1.54, 1.807) is 13.8 Å². The average Bonchev–Trinajstić information content (AvgIpc) is 1.13. The number of ether oxygens (including phenoxy) is 2. The van der Waals surface area contributed by atoms with Crippen molar-refractivity contribution in [3.63, 3.8) is 0 Å². The SMILES string of the molecule is Cc1ccc(C(NCCCC[C@H](NC(=O)OCC2c3ccccc3-c3ccccc32)C(=O)N[C@@H](CSC(c2ccccc2)(c2ccccc2)c2ccccc2)C(=O)N2CCCC2C(=O)OCC(=O)N[C@H](C(N)=O)C(C)C)(c2ccccc2)c2ccccc2)cc1. The van der Waals surface area contributed by atoms with Crippen LogP contribution in [0.15, 0.2) is 224 Å². The summed E-state index contributed by atoms with van der Waals surface area (Å²) in [5.41, 5.74) is 16.1. The predicted molar refractivity (Wildman–Crippen MR) is 353 cm³/mol. The molecular formula is C75H78N6O8S. The summed E-state index contributed by atoms with van der Waals surface area (Å²) in [6.07, 6.45) is 1.07. The van der Waals surface area contributed by atoms with E-state index in [1.165, 1.54) is 16.7 Å². The summed E-state index contributed by atoms with van der Waals surface area (Å²) in [6, 6.07) is 70.8. The molecule has 1 heterocycles. The number of amides is 5. The lowest BCUT2D eigenvalue weighted by Crippen LogP contribution is -2.57. The zero-order valence-electron chi connectivity index (χ0n) is 51.1. The third kappa shape index (κ3) is 14.4. The molecule has 90 heavy (non-hydrogen) atoms. The molecule has 0 aromatic heterocycles. The molecule has 462 valence electrons. The smallest absolute Gasteiger partial charge is 0.407 e. The number of nitrogens with one attached hydrogen (secondary N) is 4. The number of esters is 1. The zero-order chi connectivity index (χ0) is 63.0. The van der Waals surface area contributed by atoms with Crippen LogP contribution in [0.3, 0.4) is 0 Å². The largest absolute Gasteiger partial charge is 0.454 e. The quantitative estimate of drug-likeness (QED) is 0.0188. The molecule has 0 radical (unpaired) electrons. The summed E-state index contributed by atoms with van der Waals surface area (Å²) >= 11 is 1.47. The van der Waals surface area contributed by atoms with Crippen LogP contribution in [0, 0.1) is 12.8 Å². The normalized spacial score (nSPS) is 14.8. The molecule has 1 aliphatic carbocycles. The van der Waals surface area contributed by atoms with Gasteiger partial charge in [-0.1, -0.05) is 244 Å². The number of benzene rings is 8. The molecule has 5 amide bonds. The fourth-order valence-electron chi connectivity index (χ4n) is 12.7. The molecule has 1 saturated heterocycles. The molecular weight excluding hydrogens is 1140 g/mol. The lowest BCUT2D eigenvalue weighted by molar-refractivity contribution is -0.156. The number of hydrogen-bond acceptors (Lipinski definition) is 10. The maximum atomic E-state index is 15.7. The molecule has 8 aromatic carbocycles. The Morgan fingerprint density at radius 2 is 1.07 bits per heavy atom. The van der Waals surface area contributed by atoms with Crippen LogP contribution in [0.1, 0.15) is 102 Å². The van der Waals surface area contributed by atoms with E-state index in [0.29, 0.717) is 25.8 Å². The highest BCUT2D eigenvalue weighted by molar-refractivity contribution is 8.00. The van der Waals surface area contributed by atoms with Crippen LogP contribution in [0.25, 0.3) is 11.1 Å². The van der Waals surface area contributed by atoms with Crippen LogP contribution in [0.4, 0.5) is 4.79 Å². The highest BCUT2D eigenvalue weighted by Crippen LogP contribution is 2.49. The molecule has 0 saturated carbocycles. The highest BCUT2D eigenvalue weighted by atomic mass is 32.2. The van der Waals surface area contributed by atoms with Gasteiger partial charge in [-0.2, -0.15) is 0 Å². The van der Waals surface area contributed by atoms with Crippen molar-refractivity contribution in [2.45, 2.75) is 93.2 Å². The molecule has 14 nitrogen and oxygen atoms in total. The van der Waals surface area contributed by atoms with Gasteiger partial charge in [0.2, 0.25) is 17.7 Å². The summed E-state index contributed by atoms with van der Waals surface area (Å²) < 4.78 is 10.8. The van der Waals surface area contributed by atoms with Gasteiger partial charge in [0.25, 0.3) is 5.91 Å². The molecule has 1 aliphatic heterocycles. The molecule has 8 aromatic rings. The van der Waals surface area contributed by atoms with Crippen LogP contribution >= 0.6 is 11.8 Å². The van der Waals surface area contributed by atoms with E-state index in [0.717, 1.165) is 61.2 Å². The van der Waals surface area contributed by atoms with Crippen molar-refractivity contribution in [3.8, 4) is 11.1 Å². The Hall–Kier alpha value is -9.31. The van der Waals surface area contributed by atoms with Crippen molar-refractivity contribution in [2.75, 3.05) is 32.1 Å². The van der Waals surface area contributed by atoms with E-state index in [2.05, 4.69) is 88.9 Å². The predicted octanol–water partition coefficient (Wildman–Crippen LogP) is 11.3. The minimum absolute atomic E-state index is 0.00468. The first-order chi connectivity index (χ1) is 43.8. The van der Waals surface area contributed by atoms with Gasteiger partial charge in [-0.25, -0.2) is 9.59 Å². The second-order valence-electron chi connectivity index (χ2n) is 23.4. The minimum atomic E-state index is -1.28. The number of carbonyl (C=O) groups is 6. The number of alkyl carbamates (subject to hydrolysis) is 1. The van der Waals surface area contributed by atoms with Crippen molar-refractivity contribution in [2.24, 2.45) is 11.7 Å². The Kier molecular flexibility index (Phi) is 21.1. The van der Waals surface area contributed by atoms with Gasteiger partial charge in [-0.3, -0.25) is 24.5 Å². The molecule has 6 N–H and O–H groups in total. The van der Waals surface area contributed by atoms with Crippen LogP contribution in [0.5, 0.6) is 0 Å². The second-order valence-corrected chi connectivity index (χ2v) is 24.7. The monoisotopic (exact) mass is 1220 g/mol. The molecule has 2 aliphatic rings. The molecule has 1 unspecified atom stereocenters. The number of thioether (sulfide) groups is 1. The van der Waals surface area contributed by atoms with Crippen molar-refractivity contribution in [1.29, 1.82) is 0 Å². The van der Waals surface area contributed by atoms with Crippen LogP contribution in [-0.2, 0) is 43.7 Å². The van der Waals surface area contributed by atoms with Gasteiger partial charge in [-0.15, -0.1) is 11.8 Å². The Balaban J connectivity index is 0.959. The average molecular weight is 1220 g/mol. The summed E-state index contributed by atoms with van der Waals surface area (Å²) in [5.74, 6) is -3.99. The number of likely N-dealkylation sites (tertiary alicyclic amines) is 1. The fourth-order valence-corrected chi connectivity index (χ4v) is 14.3. The lowest BCUT2D eigenvalue weighted by Gasteiger charge is -2.37. The summed E-state index contributed by atoms with van der Waals surface area (Å²) in [5, 5.41) is 12.6. The van der Waals surface area contributed by atoms with Crippen LogP contribution < -0.4 is 27.0 Å². The first-order valence-electron chi connectivity index (χ1n) is 31.0. The van der Waals surface area contributed by atoms with Crippen LogP contribution in [0.2, 0.25) is 0 Å². The number of aryl methyl sites for hydroxylation is 1. The molecule has 1 fully saturated rings. The Morgan fingerprint density at radius 1 is 0.578 bits per heavy atom. The van der Waals surface area contributed by atoms with Gasteiger partial charge in [-0.05, 0) is 107 Å². The number of nitrogens with zero attached hydrogens (tertiary/aromatic N) is 1. The van der Waals surface area contributed by atoms with Crippen LogP contribution in [-0.4, -0.2) is 96.8 Å². The van der Waals surface area contributed by atoms with E-state index >= 15 is 9.59 Å². The van der Waals surface area contributed by atoms with Crippen molar-refractivity contribution in [3.05, 3.63) is 275 Å². The summed E-state index contributed by atoms with van der Waals surface area (Å²) in [6.45, 7) is 5.50. The maximum Gasteiger partial charge on any atom is 0.407 e. The first kappa shape index (κ1) is 63.7. The third-order valence-corrected chi connectivity index (χ3v) is 18.9. The Labute approximate surface area is 531 Å². The summed E-state index contributed by atoms with van der Waals surface area (Å²) in [7, 11) is 0. The lowest BCUT2D eigenvalue weighted by atomic mass is 9.76. The zero-order valence-corrected chi connectivity index (χ0v) is 51.9. The van der Waals surface area contributed by atoms with E-state index in [4.69, 9.17) is 15.2 Å². The molecule has 0 spiro atoms. The molecule has 0 bridgehead atoms. The minimum Gasteiger partial charge on any atom is -0.454 e. The van der Waals surface area contributed by atoms with E-state index in [9.17, 15) is 19.2 Å². The van der Waals surface area contributed by atoms with Gasteiger partial charge < -0.3 is 36.1 Å². The van der Waals surface area contributed by atoms with Crippen molar-refractivity contribution < 1.29 is 38.2 Å². The molecule has 10 rings (SSSR count). The topological polar surface area (TPSA) is 198 Å². The molecule has 15 heteroatoms. The second kappa shape index (κ2) is 29.8. The Bertz CT molecular complexity index is 3550. The number of hydrogen-bond donors (Lipinski definition) is 5. The number of fused-ring (bicyclic) bond motifs is 3. The number of carbonyl (C=O) groups excluding carboxylic acids is 6. The first-order valence-corrected chi connectivity index (χ1v) is 32.0. The van der Waals surface area contributed by atoms with Gasteiger partial charge in [0, 0.05) is 18.2 Å². The standard InChI is InChI=1S/C75H78N6O8S/c1-51(2)68(69(76)83)80-67(82)49-88-72(86)66-41-25-47-81(66)71(85)65(50-90-75(56-30-13-6-14-31-56,57-32-15-7-16-33-57)58-34-17-8-18-35-58)78-70(84)64(79-73(87)89-48-63-61-38-21-19-36-59(61)60-37-20-22-39-62(60)63)40-23-24-46-77-74(53-26-9-4-10-27-53,54-28-11-5-12-29-54)55-44-42-52(3)43-45-55/h4-22,26-39,42-45,51,63-66,68,77H,23-25,40-41,46-50H2,1-3H3,(H2,76,83)(H,78,84)(H,79,87)(H,80,82)/t64-,65-,66?,68-/m0/s1.